The molecule has 0 fully saturated rings. The van der Waals surface area contributed by atoms with Gasteiger partial charge in [0.1, 0.15) is 0 Å². The maximum Gasteiger partial charge on any atom is 0.265 e. The Balaban J connectivity index is 1.67. The first-order valence-corrected chi connectivity index (χ1v) is 10.8. The highest BCUT2D eigenvalue weighted by Crippen LogP contribution is 2.43. The van der Waals surface area contributed by atoms with E-state index in [0.717, 1.165) is 16.7 Å². The number of aryl methyl sites for hydroxylation is 1. The summed E-state index contributed by atoms with van der Waals surface area (Å²) in [6.45, 7) is 2.11. The van der Waals surface area contributed by atoms with Crippen LogP contribution in [0.25, 0.3) is 6.08 Å². The van der Waals surface area contributed by atoms with Gasteiger partial charge in [0, 0.05) is 0 Å². The summed E-state index contributed by atoms with van der Waals surface area (Å²) >= 11 is 0. The molecule has 0 amide bonds. The van der Waals surface area contributed by atoms with E-state index in [0.29, 0.717) is 17.2 Å². The molecule has 0 aliphatic carbocycles. The smallest absolute Gasteiger partial charge is 0.265 e. The Morgan fingerprint density at radius 2 is 1.69 bits per heavy atom. The van der Waals surface area contributed by atoms with E-state index in [2.05, 4.69) is 0 Å². The SMILES string of the molecule is Cc1ccc(S(=O)(=O)N2c3ccccc3C=CC2c2ccc3c(c2)OCO3)cc1. The minimum absolute atomic E-state index is 0.174. The molecule has 0 N–H and O–H groups in total. The maximum absolute atomic E-state index is 13.7. The van der Waals surface area contributed by atoms with Crippen LogP contribution in [0.4, 0.5) is 5.69 Å². The normalized spacial score (nSPS) is 17.3. The molecule has 0 saturated carbocycles. The Hall–Kier alpha value is -3.25. The fourth-order valence-corrected chi connectivity index (χ4v) is 5.32. The van der Waals surface area contributed by atoms with Gasteiger partial charge in [0.2, 0.25) is 6.79 Å². The molecule has 2 aliphatic heterocycles. The molecule has 3 aromatic rings. The number of anilines is 1. The number of nitrogens with zero attached hydrogens (tertiary/aromatic N) is 1. The van der Waals surface area contributed by atoms with Crippen molar-refractivity contribution in [2.24, 2.45) is 0 Å². The van der Waals surface area contributed by atoms with Crippen molar-refractivity contribution in [1.82, 2.24) is 0 Å². The van der Waals surface area contributed by atoms with E-state index in [1.807, 2.05) is 73.7 Å². The maximum atomic E-state index is 13.7. The second-order valence-corrected chi connectivity index (χ2v) is 8.90. The van der Waals surface area contributed by atoms with Crippen LogP contribution in [-0.2, 0) is 10.0 Å². The molecule has 0 spiro atoms. The molecular formula is C23H19NO4S. The second-order valence-electron chi connectivity index (χ2n) is 7.09. The van der Waals surface area contributed by atoms with E-state index in [4.69, 9.17) is 9.47 Å². The van der Waals surface area contributed by atoms with Gasteiger partial charge in [-0.3, -0.25) is 4.31 Å². The highest BCUT2D eigenvalue weighted by molar-refractivity contribution is 7.92. The van der Waals surface area contributed by atoms with Crippen molar-refractivity contribution >= 4 is 21.8 Å². The predicted octanol–water partition coefficient (Wildman–Crippen LogP) is 4.69. The largest absolute Gasteiger partial charge is 0.454 e. The minimum Gasteiger partial charge on any atom is -0.454 e. The molecule has 0 bridgehead atoms. The van der Waals surface area contributed by atoms with Crippen LogP contribution in [0.15, 0.2) is 77.7 Å². The summed E-state index contributed by atoms with van der Waals surface area (Å²) in [6, 6.07) is 19.5. The zero-order valence-corrected chi connectivity index (χ0v) is 16.6. The van der Waals surface area contributed by atoms with Crippen molar-refractivity contribution in [1.29, 1.82) is 0 Å². The molecule has 6 heteroatoms. The Labute approximate surface area is 169 Å². The first-order chi connectivity index (χ1) is 14.0. The Morgan fingerprint density at radius 1 is 0.931 bits per heavy atom. The van der Waals surface area contributed by atoms with Crippen LogP contribution < -0.4 is 13.8 Å². The zero-order valence-electron chi connectivity index (χ0n) is 15.8. The molecule has 1 atom stereocenters. The van der Waals surface area contributed by atoms with Gasteiger partial charge in [-0.15, -0.1) is 0 Å². The lowest BCUT2D eigenvalue weighted by atomic mass is 9.99. The summed E-state index contributed by atoms with van der Waals surface area (Å²) in [5, 5.41) is 0. The standard InChI is InChI=1S/C23H19NO4S/c1-16-6-10-19(11-7-16)29(25,26)24-20-5-3-2-4-17(20)8-12-21(24)18-9-13-22-23(14-18)28-15-27-22/h2-14,21H,15H2,1H3. The Morgan fingerprint density at radius 3 is 2.52 bits per heavy atom. The summed E-state index contributed by atoms with van der Waals surface area (Å²) < 4.78 is 39.8. The fourth-order valence-electron chi connectivity index (χ4n) is 3.70. The summed E-state index contributed by atoms with van der Waals surface area (Å²) in [7, 11) is -3.79. The van der Waals surface area contributed by atoms with Crippen molar-refractivity contribution in [2.45, 2.75) is 17.9 Å². The van der Waals surface area contributed by atoms with Crippen LogP contribution in [-0.4, -0.2) is 15.2 Å². The molecule has 2 heterocycles. The first kappa shape index (κ1) is 17.8. The third-order valence-corrected chi connectivity index (χ3v) is 7.01. The number of ether oxygens (including phenoxy) is 2. The number of hydrogen-bond donors (Lipinski definition) is 0. The highest BCUT2D eigenvalue weighted by atomic mass is 32.2. The van der Waals surface area contributed by atoms with Gasteiger partial charge in [-0.25, -0.2) is 8.42 Å². The van der Waals surface area contributed by atoms with Crippen LogP contribution in [0.2, 0.25) is 0 Å². The molecule has 1 unspecified atom stereocenters. The molecule has 3 aromatic carbocycles. The Kier molecular flexibility index (Phi) is 4.10. The van der Waals surface area contributed by atoms with E-state index < -0.39 is 16.1 Å². The van der Waals surface area contributed by atoms with Gasteiger partial charge < -0.3 is 9.47 Å². The minimum atomic E-state index is -3.79. The molecular weight excluding hydrogens is 386 g/mol. The molecule has 0 saturated heterocycles. The predicted molar refractivity (Wildman–Crippen MR) is 112 cm³/mol. The average molecular weight is 405 g/mol. The quantitative estimate of drug-likeness (QED) is 0.635. The molecule has 2 aliphatic rings. The number of sulfonamides is 1. The number of benzene rings is 3. The third-order valence-electron chi connectivity index (χ3n) is 5.20. The van der Waals surface area contributed by atoms with Crippen LogP contribution in [0.5, 0.6) is 11.5 Å². The Bertz CT molecular complexity index is 1220. The van der Waals surface area contributed by atoms with Crippen molar-refractivity contribution in [3.63, 3.8) is 0 Å². The van der Waals surface area contributed by atoms with E-state index in [1.165, 1.54) is 4.31 Å². The van der Waals surface area contributed by atoms with Crippen molar-refractivity contribution < 1.29 is 17.9 Å². The molecule has 0 radical (unpaired) electrons. The lowest BCUT2D eigenvalue weighted by molar-refractivity contribution is 0.174. The van der Waals surface area contributed by atoms with Gasteiger partial charge in [-0.1, -0.05) is 54.1 Å². The van der Waals surface area contributed by atoms with Gasteiger partial charge in [0.05, 0.1) is 16.6 Å². The summed E-state index contributed by atoms with van der Waals surface area (Å²) in [5.74, 6) is 1.30. The van der Waals surface area contributed by atoms with Crippen LogP contribution in [0.3, 0.4) is 0 Å². The number of rotatable bonds is 3. The monoisotopic (exact) mass is 405 g/mol. The number of fused-ring (bicyclic) bond motifs is 2. The van der Waals surface area contributed by atoms with Crippen molar-refractivity contribution in [2.75, 3.05) is 11.1 Å². The molecule has 5 rings (SSSR count). The van der Waals surface area contributed by atoms with Gasteiger partial charge in [0.15, 0.2) is 11.5 Å². The van der Waals surface area contributed by atoms with Gasteiger partial charge in [-0.2, -0.15) is 0 Å². The summed E-state index contributed by atoms with van der Waals surface area (Å²) in [5.41, 5.74) is 3.34. The van der Waals surface area contributed by atoms with E-state index in [-0.39, 0.29) is 11.7 Å². The number of para-hydroxylation sites is 1. The summed E-state index contributed by atoms with van der Waals surface area (Å²) in [4.78, 5) is 0.263. The fraction of sp³-hybridized carbons (Fsp3) is 0.130. The molecule has 29 heavy (non-hydrogen) atoms. The van der Waals surface area contributed by atoms with E-state index in [1.54, 1.807) is 12.1 Å². The second kappa shape index (κ2) is 6.67. The molecule has 0 aromatic heterocycles. The zero-order chi connectivity index (χ0) is 20.0. The number of hydrogen-bond acceptors (Lipinski definition) is 4. The highest BCUT2D eigenvalue weighted by Gasteiger charge is 2.35. The van der Waals surface area contributed by atoms with Crippen LogP contribution in [0.1, 0.15) is 22.7 Å². The van der Waals surface area contributed by atoms with Gasteiger partial charge >= 0.3 is 0 Å². The van der Waals surface area contributed by atoms with Gasteiger partial charge in [-0.05, 0) is 48.4 Å². The molecule has 5 nitrogen and oxygen atoms in total. The first-order valence-electron chi connectivity index (χ1n) is 9.32. The summed E-state index contributed by atoms with van der Waals surface area (Å²) in [6.07, 6.45) is 3.87. The van der Waals surface area contributed by atoms with Crippen molar-refractivity contribution in [3.05, 3.63) is 89.5 Å². The van der Waals surface area contributed by atoms with Crippen LogP contribution >= 0.6 is 0 Å². The lowest BCUT2D eigenvalue weighted by Gasteiger charge is -2.35. The molecule has 146 valence electrons. The third kappa shape index (κ3) is 2.96. The van der Waals surface area contributed by atoms with Crippen molar-refractivity contribution in [3.8, 4) is 11.5 Å². The van der Waals surface area contributed by atoms with Gasteiger partial charge in [0.25, 0.3) is 10.0 Å². The average Bonchev–Trinajstić information content (AvgIpc) is 3.21. The lowest BCUT2D eigenvalue weighted by Crippen LogP contribution is -2.36. The van der Waals surface area contributed by atoms with Crippen LogP contribution in [0, 0.1) is 6.92 Å². The van der Waals surface area contributed by atoms with E-state index in [9.17, 15) is 8.42 Å². The topological polar surface area (TPSA) is 55.8 Å². The van der Waals surface area contributed by atoms with E-state index >= 15 is 0 Å².